The third kappa shape index (κ3) is 5.33. The lowest BCUT2D eigenvalue weighted by Crippen LogP contribution is -2.37. The van der Waals surface area contributed by atoms with Crippen molar-refractivity contribution in [1.82, 2.24) is 0 Å². The van der Waals surface area contributed by atoms with Crippen molar-refractivity contribution in [2.45, 2.75) is 65.0 Å². The Balaban J connectivity index is 2.28. The highest BCUT2D eigenvalue weighted by molar-refractivity contribution is 6.00. The molecule has 0 heterocycles. The average Bonchev–Trinajstić information content (AvgIpc) is 2.51. The monoisotopic (exact) mass is 327 g/mol. The Morgan fingerprint density at radius 2 is 1.96 bits per heavy atom. The maximum Gasteiger partial charge on any atom is 0.331 e. The van der Waals surface area contributed by atoms with Crippen molar-refractivity contribution in [3.8, 4) is 0 Å². The molecule has 0 aliphatic heterocycles. The Morgan fingerprint density at radius 1 is 1.29 bits per heavy atom. The summed E-state index contributed by atoms with van der Waals surface area (Å²) >= 11 is 0. The summed E-state index contributed by atoms with van der Waals surface area (Å²) in [5, 5.41) is 0. The first kappa shape index (κ1) is 18.4. The summed E-state index contributed by atoms with van der Waals surface area (Å²) in [5.74, 6) is -0.0442. The van der Waals surface area contributed by atoms with E-state index in [1.54, 1.807) is 0 Å². The molecule has 0 saturated heterocycles. The topological polar surface area (TPSA) is 38.7 Å². The highest BCUT2D eigenvalue weighted by atomic mass is 16.6. The number of hydrogen-bond donors (Lipinski definition) is 0. The predicted molar refractivity (Wildman–Crippen MR) is 99.4 cm³/mol. The molecular formula is C21H29NO2. The maximum absolute atomic E-state index is 12.8. The molecule has 1 saturated carbocycles. The van der Waals surface area contributed by atoms with E-state index < -0.39 is 11.6 Å². The average molecular weight is 327 g/mol. The molecule has 0 spiro atoms. The van der Waals surface area contributed by atoms with Gasteiger partial charge in [0.1, 0.15) is 5.60 Å². The van der Waals surface area contributed by atoms with E-state index in [2.05, 4.69) is 6.58 Å². The minimum atomic E-state index is -0.503. The Bertz CT molecular complexity index is 610. The van der Waals surface area contributed by atoms with Crippen LogP contribution in [0.1, 0.15) is 58.9 Å². The molecule has 1 aromatic carbocycles. The first-order valence-corrected chi connectivity index (χ1v) is 8.75. The van der Waals surface area contributed by atoms with E-state index in [0.29, 0.717) is 0 Å². The zero-order valence-electron chi connectivity index (χ0n) is 15.3. The number of esters is 1. The second-order valence-corrected chi connectivity index (χ2v) is 7.67. The molecule has 2 rings (SSSR count). The van der Waals surface area contributed by atoms with Gasteiger partial charge >= 0.3 is 5.97 Å². The summed E-state index contributed by atoms with van der Waals surface area (Å²) in [4.78, 5) is 17.6. The molecule has 1 aromatic rings. The number of allylic oxidation sites excluding steroid dienone is 1. The van der Waals surface area contributed by atoms with E-state index >= 15 is 0 Å². The molecule has 1 aliphatic rings. The molecule has 24 heavy (non-hydrogen) atoms. The Kier molecular flexibility index (Phi) is 5.98. The Labute approximate surface area is 145 Å². The van der Waals surface area contributed by atoms with Crippen LogP contribution in [-0.2, 0) is 9.53 Å². The van der Waals surface area contributed by atoms with Crippen LogP contribution in [0.2, 0.25) is 0 Å². The standard InChI is InChI=1S/C21H29NO2/c1-15-10-9-13-18(14-15)19(20(23)24-21(3,4)5)22-16(2)17-11-7-6-8-12-17/h6-8,11-12,18-19H,1,9-10,13-14H2,2-5H3. The number of rotatable bonds is 4. The first-order chi connectivity index (χ1) is 11.3. The minimum Gasteiger partial charge on any atom is -0.458 e. The Hall–Kier alpha value is -1.90. The molecule has 0 bridgehead atoms. The summed E-state index contributed by atoms with van der Waals surface area (Å²) < 4.78 is 5.65. The van der Waals surface area contributed by atoms with Crippen LogP contribution in [0.15, 0.2) is 47.5 Å². The molecule has 0 amide bonds. The third-order valence-electron chi connectivity index (χ3n) is 4.28. The molecule has 130 valence electrons. The van der Waals surface area contributed by atoms with Gasteiger partial charge in [-0.25, -0.2) is 4.79 Å². The predicted octanol–water partition coefficient (Wildman–Crippen LogP) is 4.95. The van der Waals surface area contributed by atoms with E-state index in [1.807, 2.05) is 58.0 Å². The fourth-order valence-corrected chi connectivity index (χ4v) is 3.13. The van der Waals surface area contributed by atoms with Gasteiger partial charge in [0.2, 0.25) is 0 Å². The van der Waals surface area contributed by atoms with Crippen molar-refractivity contribution in [1.29, 1.82) is 0 Å². The van der Waals surface area contributed by atoms with Crippen LogP contribution >= 0.6 is 0 Å². The maximum atomic E-state index is 12.8. The normalized spacial score (nSPS) is 20.6. The fraction of sp³-hybridized carbons (Fsp3) is 0.524. The smallest absolute Gasteiger partial charge is 0.331 e. The molecule has 1 aliphatic carbocycles. The molecule has 2 unspecified atom stereocenters. The van der Waals surface area contributed by atoms with Crippen molar-refractivity contribution in [3.63, 3.8) is 0 Å². The summed E-state index contributed by atoms with van der Waals surface area (Å²) in [7, 11) is 0. The van der Waals surface area contributed by atoms with E-state index in [4.69, 9.17) is 9.73 Å². The molecule has 1 fully saturated rings. The van der Waals surface area contributed by atoms with Gasteiger partial charge in [-0.1, -0.05) is 42.5 Å². The lowest BCUT2D eigenvalue weighted by molar-refractivity contribution is -0.157. The van der Waals surface area contributed by atoms with E-state index in [-0.39, 0.29) is 11.9 Å². The van der Waals surface area contributed by atoms with Gasteiger partial charge in [-0.15, -0.1) is 0 Å². The number of nitrogens with zero attached hydrogens (tertiary/aromatic N) is 1. The van der Waals surface area contributed by atoms with Crippen molar-refractivity contribution < 1.29 is 9.53 Å². The van der Waals surface area contributed by atoms with E-state index in [1.165, 1.54) is 5.57 Å². The first-order valence-electron chi connectivity index (χ1n) is 8.75. The van der Waals surface area contributed by atoms with E-state index in [0.717, 1.165) is 37.0 Å². The lowest BCUT2D eigenvalue weighted by Gasteiger charge is -2.30. The minimum absolute atomic E-state index is 0.180. The Morgan fingerprint density at radius 3 is 2.54 bits per heavy atom. The number of ether oxygens (including phenoxy) is 1. The zero-order chi connectivity index (χ0) is 17.7. The van der Waals surface area contributed by atoms with Gasteiger partial charge in [-0.2, -0.15) is 0 Å². The lowest BCUT2D eigenvalue weighted by atomic mass is 9.81. The van der Waals surface area contributed by atoms with Crippen molar-refractivity contribution in [3.05, 3.63) is 48.0 Å². The number of carbonyl (C=O) groups excluding carboxylic acids is 1. The number of benzene rings is 1. The largest absolute Gasteiger partial charge is 0.458 e. The van der Waals surface area contributed by atoms with Crippen molar-refractivity contribution in [2.24, 2.45) is 10.9 Å². The zero-order valence-corrected chi connectivity index (χ0v) is 15.3. The van der Waals surface area contributed by atoms with Crippen LogP contribution in [0.5, 0.6) is 0 Å². The fourth-order valence-electron chi connectivity index (χ4n) is 3.13. The highest BCUT2D eigenvalue weighted by Gasteiger charge is 2.33. The number of carbonyl (C=O) groups is 1. The molecule has 0 aromatic heterocycles. The van der Waals surface area contributed by atoms with Gasteiger partial charge in [0, 0.05) is 5.71 Å². The van der Waals surface area contributed by atoms with Crippen molar-refractivity contribution >= 4 is 11.7 Å². The van der Waals surface area contributed by atoms with Gasteiger partial charge in [-0.3, -0.25) is 4.99 Å². The van der Waals surface area contributed by atoms with Crippen LogP contribution in [0.3, 0.4) is 0 Å². The highest BCUT2D eigenvalue weighted by Crippen LogP contribution is 2.32. The molecule has 3 heteroatoms. The molecule has 3 nitrogen and oxygen atoms in total. The number of hydrogen-bond acceptors (Lipinski definition) is 3. The summed E-state index contributed by atoms with van der Waals surface area (Å²) in [6.07, 6.45) is 3.98. The van der Waals surface area contributed by atoms with Crippen LogP contribution in [0, 0.1) is 5.92 Å². The van der Waals surface area contributed by atoms with Crippen LogP contribution in [0.4, 0.5) is 0 Å². The number of aliphatic imine (C=N–C) groups is 1. The van der Waals surface area contributed by atoms with Gasteiger partial charge in [-0.05, 0) is 64.9 Å². The summed E-state index contributed by atoms with van der Waals surface area (Å²) in [5.41, 5.74) is 2.63. The van der Waals surface area contributed by atoms with Crippen molar-refractivity contribution in [2.75, 3.05) is 0 Å². The van der Waals surface area contributed by atoms with Crippen LogP contribution in [-0.4, -0.2) is 23.3 Å². The SMILES string of the molecule is C=C1CCCC(C(N=C(C)c2ccccc2)C(=O)OC(C)(C)C)C1. The van der Waals surface area contributed by atoms with Gasteiger partial charge < -0.3 is 4.74 Å². The second-order valence-electron chi connectivity index (χ2n) is 7.67. The molecule has 2 atom stereocenters. The summed E-state index contributed by atoms with van der Waals surface area (Å²) in [6, 6.07) is 9.53. The van der Waals surface area contributed by atoms with Crippen LogP contribution in [0.25, 0.3) is 0 Å². The molecular weight excluding hydrogens is 298 g/mol. The van der Waals surface area contributed by atoms with Gasteiger partial charge in [0.25, 0.3) is 0 Å². The molecule has 0 radical (unpaired) electrons. The second kappa shape index (κ2) is 7.78. The van der Waals surface area contributed by atoms with E-state index in [9.17, 15) is 4.79 Å². The van der Waals surface area contributed by atoms with Gasteiger partial charge in [0.15, 0.2) is 6.04 Å². The molecule has 0 N–H and O–H groups in total. The summed E-state index contributed by atoms with van der Waals surface area (Å²) in [6.45, 7) is 11.8. The van der Waals surface area contributed by atoms with Gasteiger partial charge in [0.05, 0.1) is 0 Å². The third-order valence-corrected chi connectivity index (χ3v) is 4.28. The quantitative estimate of drug-likeness (QED) is 0.446. The van der Waals surface area contributed by atoms with Crippen LogP contribution < -0.4 is 0 Å².